The molecule has 1 saturated carbocycles. The molecular formula is C44H60BrMgN11O3. The Morgan fingerprint density at radius 1 is 0.900 bits per heavy atom. The van der Waals surface area contributed by atoms with E-state index in [-0.39, 0.29) is 99.2 Å². The molecule has 1 unspecified atom stereocenters. The van der Waals surface area contributed by atoms with Gasteiger partial charge in [-0.2, -0.15) is 10.2 Å². The number of carbonyl (C=O) groups is 2. The molecule has 4 aliphatic rings. The number of Topliss-reactive ketones (excluding diaryl/α,β-unsaturated/α-hetero) is 2. The number of pyridine rings is 2. The van der Waals surface area contributed by atoms with Crippen LogP contribution in [-0.4, -0.2) is 89.5 Å². The van der Waals surface area contributed by atoms with Gasteiger partial charge in [-0.25, -0.2) is 16.9 Å². The topological polar surface area (TPSA) is 175 Å². The van der Waals surface area contributed by atoms with E-state index in [0.717, 1.165) is 59.8 Å². The number of allylic oxidation sites excluding steroid dienone is 2. The largest absolute Gasteiger partial charge is 2.00 e. The van der Waals surface area contributed by atoms with Crippen molar-refractivity contribution in [2.24, 2.45) is 43.6 Å². The fourth-order valence-electron chi connectivity index (χ4n) is 9.68. The summed E-state index contributed by atoms with van der Waals surface area (Å²) in [4.78, 5) is 41.1. The van der Waals surface area contributed by atoms with Gasteiger partial charge in [-0.05, 0) is 68.8 Å². The summed E-state index contributed by atoms with van der Waals surface area (Å²) < 4.78 is 9.57. The van der Waals surface area contributed by atoms with Crippen LogP contribution in [0, 0.1) is 44.2 Å². The maximum absolute atomic E-state index is 12.5. The molecule has 0 bridgehead atoms. The standard InChI is InChI=1S/C20H22N4O.C20H20N4O.CH6N2.CH5NO.CH4.CH3.BrH.Mg/c2*1-12-14-9-8-13-17(15-7-5-6-10-22-15)24(4)23-19(13)20(14,2)11-16(21-3)18(12)25;1-3-2;1-2-3;;;;/h5-7,10,12,14,16H,8-9,11H2,1-2,4H3;5-7,10-12,14H,8-9H2,1-2,4H3;3H,2H2,1H3;2-3H,1H3;1H4;1H3;1H;/q;;;;;-1;;+2/p-1/t12-,14-,16?,20-;12-,14-,20-;;;;;;/m00....../s1/i;;;;1T;;;. The predicted molar refractivity (Wildman–Crippen MR) is 232 cm³/mol. The Bertz CT molecular complexity index is 2190. The molecule has 0 aliphatic heterocycles. The number of halogens is 1. The van der Waals surface area contributed by atoms with Gasteiger partial charge in [0.25, 0.3) is 6.04 Å². The van der Waals surface area contributed by atoms with Gasteiger partial charge in [0.2, 0.25) is 11.5 Å². The minimum Gasteiger partial charge on any atom is -1.00 e. The van der Waals surface area contributed by atoms with E-state index in [2.05, 4.69) is 44.8 Å². The van der Waals surface area contributed by atoms with Gasteiger partial charge in [0.15, 0.2) is 5.78 Å². The third kappa shape index (κ3) is 9.81. The fraction of sp³-hybridized carbons (Fsp3) is 0.477. The first kappa shape index (κ1) is 52.0. The first-order chi connectivity index (χ1) is 27.8. The van der Waals surface area contributed by atoms with Crippen molar-refractivity contribution in [1.82, 2.24) is 40.4 Å². The summed E-state index contributed by atoms with van der Waals surface area (Å²) in [5, 5.41) is 17.0. The average Bonchev–Trinajstić information content (AvgIpc) is 3.77. The van der Waals surface area contributed by atoms with Crippen molar-refractivity contribution >= 4 is 34.6 Å². The van der Waals surface area contributed by atoms with Crippen LogP contribution in [0.5, 0.6) is 0 Å². The second-order valence-electron chi connectivity index (χ2n) is 15.4. The molecule has 0 radical (unpaired) electrons. The minimum absolute atomic E-state index is 0. The number of hydrogen-bond donors (Lipinski definition) is 4. The molecule has 8 rings (SSSR count). The molecule has 1 fully saturated rings. The average molecular weight is 897 g/mol. The maximum atomic E-state index is 12.5. The van der Waals surface area contributed by atoms with Crippen LogP contribution in [0.3, 0.4) is 0 Å². The Hall–Kier alpha value is -4.13. The van der Waals surface area contributed by atoms with Gasteiger partial charge >= 0.3 is 23.1 Å². The number of hydrazine groups is 1. The molecule has 0 aromatic carbocycles. The van der Waals surface area contributed by atoms with E-state index in [9.17, 15) is 9.59 Å². The number of carbonyl (C=O) groups excluding carboxylic acids is 2. The third-order valence-electron chi connectivity index (χ3n) is 12.1. The second kappa shape index (κ2) is 22.6. The van der Waals surface area contributed by atoms with Crippen LogP contribution < -0.4 is 33.7 Å². The van der Waals surface area contributed by atoms with Crippen molar-refractivity contribution in [3.8, 4) is 22.8 Å². The van der Waals surface area contributed by atoms with E-state index < -0.39 is 6.04 Å². The van der Waals surface area contributed by atoms with E-state index in [1.807, 2.05) is 79.8 Å². The number of nitrogens with zero attached hydrogens (tertiary/aromatic N) is 8. The van der Waals surface area contributed by atoms with Crippen molar-refractivity contribution in [2.75, 3.05) is 14.1 Å². The Morgan fingerprint density at radius 3 is 1.82 bits per heavy atom. The maximum Gasteiger partial charge on any atom is 2.00 e. The second-order valence-corrected chi connectivity index (χ2v) is 15.4. The molecule has 60 heavy (non-hydrogen) atoms. The normalized spacial score (nSPS) is 25.3. The summed E-state index contributed by atoms with van der Waals surface area (Å²) >= 11 is 0. The summed E-state index contributed by atoms with van der Waals surface area (Å²) in [6.07, 6.45) is 9.72. The molecule has 4 aliphatic carbocycles. The number of hydroxylamine groups is 1. The molecule has 4 heterocycles. The Morgan fingerprint density at radius 2 is 1.37 bits per heavy atom. The van der Waals surface area contributed by atoms with Crippen LogP contribution in [0.4, 0.5) is 0 Å². The number of ketones is 2. The quantitative estimate of drug-likeness (QED) is 0.102. The van der Waals surface area contributed by atoms with Crippen molar-refractivity contribution in [1.29, 1.82) is 0 Å². The monoisotopic (exact) mass is 895 g/mol. The summed E-state index contributed by atoms with van der Waals surface area (Å²) in [6.45, 7) is 23.1. The fourth-order valence-corrected chi connectivity index (χ4v) is 9.68. The van der Waals surface area contributed by atoms with E-state index in [0.29, 0.717) is 6.42 Å². The number of aromatic nitrogens is 6. The van der Waals surface area contributed by atoms with Crippen LogP contribution in [0.25, 0.3) is 32.5 Å². The van der Waals surface area contributed by atoms with Crippen LogP contribution >= 0.6 is 0 Å². The van der Waals surface area contributed by atoms with E-state index in [4.69, 9.17) is 29.9 Å². The zero-order valence-corrected chi connectivity index (χ0v) is 39.6. The zero-order valence-electron chi connectivity index (χ0n) is 37.6. The van der Waals surface area contributed by atoms with Gasteiger partial charge in [0.1, 0.15) is 0 Å². The van der Waals surface area contributed by atoms with Crippen molar-refractivity contribution < 1.29 is 33.1 Å². The van der Waals surface area contributed by atoms with Crippen LogP contribution in [0.1, 0.15) is 78.2 Å². The molecule has 4 aromatic heterocycles. The zero-order chi connectivity index (χ0) is 42.9. The van der Waals surface area contributed by atoms with Gasteiger partial charge in [0, 0.05) is 75.1 Å². The number of aryl methyl sites for hydroxylation is 2. The SMILES string of the molecule is CNN.CNO.[3H]C.[Br-].[C-]#[N+]C1=C[C@]2(C)c3nn(C)c(-c4ccccn4)c3CC[C@H]2[C@H](C)C1=O.[C-]#[N+]C1C[C@]2(C)c3nn(C)c(-c4ccccn4)c3CC[C@H]2[C@H](C)C1=O.[CH3-].[Mg+2]. The summed E-state index contributed by atoms with van der Waals surface area (Å²) in [5.74, 6) is 4.91. The molecule has 318 valence electrons. The van der Waals surface area contributed by atoms with Gasteiger partial charge < -0.3 is 39.3 Å². The smallest absolute Gasteiger partial charge is 1.00 e. The third-order valence-corrected chi connectivity index (χ3v) is 12.1. The Kier molecular flexibility index (Phi) is 19.6. The minimum atomic E-state index is -0.539. The predicted octanol–water partition coefficient (Wildman–Crippen LogP) is 2.91. The number of hydrogen-bond acceptors (Lipinski definition) is 10. The molecule has 16 heteroatoms. The van der Waals surface area contributed by atoms with Gasteiger partial charge in [-0.1, -0.05) is 53.3 Å². The summed E-state index contributed by atoms with van der Waals surface area (Å²) in [7, 11) is 8.24. The van der Waals surface area contributed by atoms with E-state index >= 15 is 0 Å². The van der Waals surface area contributed by atoms with Gasteiger partial charge in [0.05, 0.1) is 40.7 Å². The Balaban J connectivity index is 0.000000501. The van der Waals surface area contributed by atoms with Crippen molar-refractivity contribution in [3.63, 3.8) is 0 Å². The first-order valence-electron chi connectivity index (χ1n) is 20.0. The van der Waals surface area contributed by atoms with E-state index in [1.54, 1.807) is 24.9 Å². The van der Waals surface area contributed by atoms with Crippen LogP contribution in [-0.2, 0) is 47.4 Å². The summed E-state index contributed by atoms with van der Waals surface area (Å²) in [5.41, 5.74) is 12.1. The molecule has 5 N–H and O–H groups in total. The van der Waals surface area contributed by atoms with Crippen LogP contribution in [0.15, 0.2) is 60.6 Å². The summed E-state index contributed by atoms with van der Waals surface area (Å²) in [6, 6.07) is 11.3. The number of fused-ring (bicyclic) bond motifs is 6. The molecule has 0 amide bonds. The Labute approximate surface area is 384 Å². The van der Waals surface area contributed by atoms with Crippen LogP contribution in [0.2, 0.25) is 0 Å². The van der Waals surface area contributed by atoms with E-state index in [1.165, 1.54) is 25.6 Å². The first-order valence-corrected chi connectivity index (χ1v) is 19.0. The molecule has 4 aromatic rings. The molecule has 7 atom stereocenters. The molecule has 14 nitrogen and oxygen atoms in total. The number of nitrogens with two attached hydrogens (primary N) is 1. The van der Waals surface area contributed by atoms with Gasteiger partial charge in [-0.15, -0.1) is 0 Å². The van der Waals surface area contributed by atoms with Crippen molar-refractivity contribution in [2.45, 2.75) is 84.1 Å². The van der Waals surface area contributed by atoms with Gasteiger partial charge in [-0.3, -0.25) is 35.4 Å². The number of nitrogens with one attached hydrogen (secondary N) is 2. The molecule has 0 saturated heterocycles. The molecule has 0 spiro atoms. The molecular weight excluding hydrogens is 835 g/mol. The van der Waals surface area contributed by atoms with Crippen molar-refractivity contribution in [3.05, 3.63) is 113 Å². The number of rotatable bonds is 2.